The van der Waals surface area contributed by atoms with Gasteiger partial charge in [0.05, 0.1) is 34.8 Å². The molecule has 0 radical (unpaired) electrons. The van der Waals surface area contributed by atoms with Gasteiger partial charge in [0, 0.05) is 36.8 Å². The van der Waals surface area contributed by atoms with Gasteiger partial charge in [0.25, 0.3) is 5.91 Å². The van der Waals surface area contributed by atoms with E-state index in [1.165, 1.54) is 58.5 Å². The molecule has 6 rings (SSSR count). The molecule has 1 unspecified atom stereocenters. The van der Waals surface area contributed by atoms with Gasteiger partial charge >= 0.3 is 5.97 Å². The maximum absolute atomic E-state index is 13.6. The largest absolute Gasteiger partial charge is 0.454 e. The molecular weight excluding hydrogens is 625 g/mol. The first-order valence-corrected chi connectivity index (χ1v) is 15.8. The number of carbonyl (C=O) groups excluding carboxylic acids is 4. The highest BCUT2D eigenvalue weighted by atomic mass is 35.5. The summed E-state index contributed by atoms with van der Waals surface area (Å²) < 4.78 is 5.18. The number of esters is 1. The summed E-state index contributed by atoms with van der Waals surface area (Å²) in [5.74, 6) is -1.75. The van der Waals surface area contributed by atoms with Gasteiger partial charge in [-0.05, 0) is 53.6 Å². The number of hydrogen-bond donors (Lipinski definition) is 0. The molecule has 2 heterocycles. The van der Waals surface area contributed by atoms with Crippen molar-refractivity contribution >= 4 is 52.5 Å². The number of Topliss-reactive ketones (excluding diaryl/α,β-unsaturated/α-hetero) is 1. The van der Waals surface area contributed by atoms with Crippen molar-refractivity contribution in [2.45, 2.75) is 18.5 Å². The van der Waals surface area contributed by atoms with Crippen molar-refractivity contribution < 1.29 is 23.9 Å². The lowest BCUT2D eigenvalue weighted by Gasteiger charge is -2.41. The first kappa shape index (κ1) is 31.6. The summed E-state index contributed by atoms with van der Waals surface area (Å²) in [6.45, 7) is 2.29. The molecule has 1 atom stereocenters. The van der Waals surface area contributed by atoms with Gasteiger partial charge in [0.2, 0.25) is 11.7 Å². The van der Waals surface area contributed by atoms with Crippen LogP contribution >= 0.6 is 23.2 Å². The summed E-state index contributed by atoms with van der Waals surface area (Å²) in [4.78, 5) is 57.4. The average molecular weight is 657 g/mol. The van der Waals surface area contributed by atoms with Gasteiger partial charge in [-0.2, -0.15) is 0 Å². The van der Waals surface area contributed by atoms with Gasteiger partial charge in [0.15, 0.2) is 6.61 Å². The van der Waals surface area contributed by atoms with Crippen LogP contribution in [-0.2, 0) is 14.3 Å². The van der Waals surface area contributed by atoms with E-state index in [-0.39, 0.29) is 40.4 Å². The highest BCUT2D eigenvalue weighted by Gasteiger charge is 2.44. The first-order valence-electron chi connectivity index (χ1n) is 15.0. The van der Waals surface area contributed by atoms with Gasteiger partial charge in [0.1, 0.15) is 0 Å². The van der Waals surface area contributed by atoms with Crippen LogP contribution in [0.15, 0.2) is 103 Å². The van der Waals surface area contributed by atoms with Crippen LogP contribution in [0.2, 0.25) is 10.0 Å². The summed E-state index contributed by atoms with van der Waals surface area (Å²) in [6.07, 6.45) is 0.0960. The zero-order valence-electron chi connectivity index (χ0n) is 24.9. The molecule has 2 saturated heterocycles. The minimum atomic E-state index is -0.718. The summed E-state index contributed by atoms with van der Waals surface area (Å²) in [5.41, 5.74) is 3.18. The molecule has 8 nitrogen and oxygen atoms in total. The van der Waals surface area contributed by atoms with Crippen molar-refractivity contribution in [3.8, 4) is 0 Å². The summed E-state index contributed by atoms with van der Waals surface area (Å²) in [6, 6.07) is 30.8. The van der Waals surface area contributed by atoms with E-state index in [1.807, 2.05) is 12.1 Å². The third kappa shape index (κ3) is 6.76. The molecule has 2 aliphatic heterocycles. The van der Waals surface area contributed by atoms with Crippen molar-refractivity contribution in [1.29, 1.82) is 0 Å². The molecule has 0 saturated carbocycles. The predicted octanol–water partition coefficient (Wildman–Crippen LogP) is 6.07. The predicted molar refractivity (Wildman–Crippen MR) is 176 cm³/mol. The molecule has 2 fully saturated rings. The number of hydrogen-bond acceptors (Lipinski definition) is 7. The molecular formula is C36H31Cl2N3O5. The minimum absolute atomic E-state index is 0.0960. The average Bonchev–Trinajstić information content (AvgIpc) is 3.38. The van der Waals surface area contributed by atoms with Gasteiger partial charge in [-0.3, -0.25) is 24.2 Å². The molecule has 2 amide bonds. The number of anilines is 1. The van der Waals surface area contributed by atoms with Crippen molar-refractivity contribution in [3.63, 3.8) is 0 Å². The van der Waals surface area contributed by atoms with E-state index in [2.05, 4.69) is 58.3 Å². The maximum atomic E-state index is 13.6. The smallest absolute Gasteiger partial charge is 0.338 e. The monoisotopic (exact) mass is 655 g/mol. The van der Waals surface area contributed by atoms with E-state index in [4.69, 9.17) is 27.9 Å². The number of piperazine rings is 1. The van der Waals surface area contributed by atoms with Crippen LogP contribution in [0.5, 0.6) is 0 Å². The third-order valence-corrected chi connectivity index (χ3v) is 8.98. The molecule has 10 heteroatoms. The van der Waals surface area contributed by atoms with Crippen molar-refractivity contribution in [3.05, 3.63) is 135 Å². The standard InChI is InChI=1S/C36H31Cl2N3O5/c37-27-13-16-29(30(38)21-27)32(42)23-46-36(45)26-11-14-28(15-12-26)41-33(43)22-31(35(41)44)39-17-19-40(20-18-39)34(24-7-3-1-4-8-24)25-9-5-2-6-10-25/h1-16,21,31,34H,17-20,22-23H2. The lowest BCUT2D eigenvalue weighted by Crippen LogP contribution is -2.53. The van der Waals surface area contributed by atoms with Crippen molar-refractivity contribution in [2.24, 2.45) is 0 Å². The summed E-state index contributed by atoms with van der Waals surface area (Å²) in [5, 5.41) is 0.555. The minimum Gasteiger partial charge on any atom is -0.454 e. The molecule has 2 aliphatic rings. The number of ketones is 1. The Morgan fingerprint density at radius 2 is 1.39 bits per heavy atom. The lowest BCUT2D eigenvalue weighted by atomic mass is 9.96. The normalized spacial score (nSPS) is 17.5. The first-order chi connectivity index (χ1) is 22.3. The number of amides is 2. The molecule has 0 aromatic heterocycles. The topological polar surface area (TPSA) is 87.2 Å². The van der Waals surface area contributed by atoms with Gasteiger partial charge in [-0.25, -0.2) is 9.69 Å². The molecule has 0 aliphatic carbocycles. The quantitative estimate of drug-likeness (QED) is 0.123. The van der Waals surface area contributed by atoms with E-state index in [0.29, 0.717) is 23.8 Å². The number of benzene rings is 4. The Hall–Kier alpha value is -4.34. The van der Waals surface area contributed by atoms with E-state index >= 15 is 0 Å². The second kappa shape index (κ2) is 14.0. The molecule has 46 heavy (non-hydrogen) atoms. The SMILES string of the molecule is O=C(OCC(=O)c1ccc(Cl)cc1Cl)c1ccc(N2C(=O)CC(N3CCN(C(c4ccccc4)c4ccccc4)CC3)C2=O)cc1. The van der Waals surface area contributed by atoms with Crippen molar-refractivity contribution in [2.75, 3.05) is 37.7 Å². The Balaban J connectivity index is 1.07. The van der Waals surface area contributed by atoms with Gasteiger partial charge in [-0.1, -0.05) is 83.9 Å². The number of nitrogens with zero attached hydrogens (tertiary/aromatic N) is 3. The highest BCUT2D eigenvalue weighted by Crippen LogP contribution is 2.32. The van der Waals surface area contributed by atoms with Crippen LogP contribution in [-0.4, -0.2) is 72.2 Å². The zero-order chi connectivity index (χ0) is 32.2. The fourth-order valence-electron chi connectivity index (χ4n) is 6.12. The molecule has 4 aromatic rings. The van der Waals surface area contributed by atoms with Crippen LogP contribution in [0.3, 0.4) is 0 Å². The van der Waals surface area contributed by atoms with Gasteiger partial charge < -0.3 is 4.74 Å². The number of halogens is 2. The Morgan fingerprint density at radius 1 is 0.783 bits per heavy atom. The summed E-state index contributed by atoms with van der Waals surface area (Å²) >= 11 is 12.0. The molecule has 234 valence electrons. The molecule has 0 N–H and O–H groups in total. The summed E-state index contributed by atoms with van der Waals surface area (Å²) in [7, 11) is 0. The molecule has 0 bridgehead atoms. The Labute approximate surface area is 277 Å². The number of imide groups is 1. The van der Waals surface area contributed by atoms with Crippen LogP contribution in [0.1, 0.15) is 44.3 Å². The van der Waals surface area contributed by atoms with Crippen LogP contribution in [0, 0.1) is 0 Å². The van der Waals surface area contributed by atoms with E-state index in [0.717, 1.165) is 13.1 Å². The Bertz CT molecular complexity index is 1700. The van der Waals surface area contributed by atoms with Crippen LogP contribution in [0.4, 0.5) is 5.69 Å². The van der Waals surface area contributed by atoms with E-state index < -0.39 is 24.4 Å². The Kier molecular flexibility index (Phi) is 9.61. The fraction of sp³-hybridized carbons (Fsp3) is 0.222. The van der Waals surface area contributed by atoms with E-state index in [9.17, 15) is 19.2 Å². The Morgan fingerprint density at radius 3 is 1.98 bits per heavy atom. The van der Waals surface area contributed by atoms with E-state index in [1.54, 1.807) is 0 Å². The molecule has 4 aromatic carbocycles. The third-order valence-electron chi connectivity index (χ3n) is 8.44. The van der Waals surface area contributed by atoms with Crippen LogP contribution in [0.25, 0.3) is 0 Å². The number of rotatable bonds is 9. The number of ether oxygens (including phenoxy) is 1. The number of carbonyl (C=O) groups is 4. The second-order valence-corrected chi connectivity index (χ2v) is 12.1. The highest BCUT2D eigenvalue weighted by molar-refractivity contribution is 6.36. The van der Waals surface area contributed by atoms with Crippen molar-refractivity contribution in [1.82, 2.24) is 9.80 Å². The zero-order valence-corrected chi connectivity index (χ0v) is 26.4. The lowest BCUT2D eigenvalue weighted by molar-refractivity contribution is -0.123. The maximum Gasteiger partial charge on any atom is 0.338 e. The fourth-order valence-corrected chi connectivity index (χ4v) is 6.63. The molecule has 0 spiro atoms. The van der Waals surface area contributed by atoms with Gasteiger partial charge in [-0.15, -0.1) is 0 Å². The van der Waals surface area contributed by atoms with Crippen LogP contribution < -0.4 is 4.90 Å². The second-order valence-electron chi connectivity index (χ2n) is 11.3.